The third-order valence-electron chi connectivity index (χ3n) is 6.53. The highest BCUT2D eigenvalue weighted by Crippen LogP contribution is 2.26. The number of aromatic nitrogens is 2. The largest absolute Gasteiger partial charge is 0.493 e. The van der Waals surface area contributed by atoms with Gasteiger partial charge in [-0.1, -0.05) is 30.3 Å². The molecule has 2 aliphatic rings. The van der Waals surface area contributed by atoms with E-state index in [4.69, 9.17) is 4.74 Å². The highest BCUT2D eigenvalue weighted by atomic mass is 16.5. The molecule has 3 heterocycles. The molecule has 0 N–H and O–H groups in total. The van der Waals surface area contributed by atoms with Gasteiger partial charge in [0.05, 0.1) is 29.2 Å². The van der Waals surface area contributed by atoms with Crippen LogP contribution in [0.5, 0.6) is 5.75 Å². The highest BCUT2D eigenvalue weighted by Gasteiger charge is 2.31. The number of hydrogen-bond donors (Lipinski definition) is 0. The maximum absolute atomic E-state index is 13.1. The van der Waals surface area contributed by atoms with E-state index in [0.717, 1.165) is 44.1 Å². The van der Waals surface area contributed by atoms with E-state index in [-0.39, 0.29) is 0 Å². The van der Waals surface area contributed by atoms with Gasteiger partial charge < -0.3 is 9.64 Å². The van der Waals surface area contributed by atoms with E-state index in [1.165, 1.54) is 11.1 Å². The van der Waals surface area contributed by atoms with Gasteiger partial charge in [0.25, 0.3) is 11.7 Å². The molecule has 0 spiro atoms. The lowest BCUT2D eigenvalue weighted by molar-refractivity contribution is -0.128. The van der Waals surface area contributed by atoms with Gasteiger partial charge in [-0.2, -0.15) is 5.10 Å². The Morgan fingerprint density at radius 3 is 2.52 bits per heavy atom. The minimum atomic E-state index is -0.473. The molecule has 5 rings (SSSR count). The van der Waals surface area contributed by atoms with Crippen LogP contribution in [0.2, 0.25) is 0 Å². The van der Waals surface area contributed by atoms with Crippen molar-refractivity contribution in [3.05, 3.63) is 76.6 Å². The normalized spacial score (nSPS) is 15.9. The summed E-state index contributed by atoms with van der Waals surface area (Å²) in [6.45, 7) is 7.80. The van der Waals surface area contributed by atoms with E-state index in [9.17, 15) is 9.59 Å². The Hall–Kier alpha value is -3.45. The molecule has 33 heavy (non-hydrogen) atoms. The van der Waals surface area contributed by atoms with Crippen molar-refractivity contribution in [2.24, 2.45) is 0 Å². The molecule has 0 aliphatic carbocycles. The number of amides is 1. The van der Waals surface area contributed by atoms with Gasteiger partial charge in [-0.15, -0.1) is 0 Å². The van der Waals surface area contributed by atoms with E-state index < -0.39 is 11.7 Å². The number of carbonyl (C=O) groups is 2. The van der Waals surface area contributed by atoms with Crippen LogP contribution in [0.1, 0.15) is 32.9 Å². The molecule has 0 bridgehead atoms. The molecule has 1 amide bonds. The first kappa shape index (κ1) is 21.4. The molecule has 1 saturated heterocycles. The molecular formula is C26H28N4O3. The average molecular weight is 445 g/mol. The molecule has 0 radical (unpaired) electrons. The number of carbonyl (C=O) groups excluding carboxylic acids is 2. The Kier molecular flexibility index (Phi) is 5.72. The second kappa shape index (κ2) is 8.83. The fraction of sp³-hybridized carbons (Fsp3) is 0.346. The number of hydrogen-bond acceptors (Lipinski definition) is 5. The number of para-hydroxylation sites is 1. The van der Waals surface area contributed by atoms with Gasteiger partial charge in [-0.25, -0.2) is 4.68 Å². The van der Waals surface area contributed by atoms with Crippen LogP contribution in [-0.4, -0.2) is 64.1 Å². The molecule has 1 aromatic heterocycles. The van der Waals surface area contributed by atoms with E-state index in [2.05, 4.69) is 28.2 Å². The fourth-order valence-electron chi connectivity index (χ4n) is 4.75. The number of piperazine rings is 1. The Bertz CT molecular complexity index is 1190. The first-order valence-electron chi connectivity index (χ1n) is 11.4. The number of benzene rings is 2. The lowest BCUT2D eigenvalue weighted by atomic mass is 10.1. The Labute approximate surface area is 193 Å². The Morgan fingerprint density at radius 2 is 1.76 bits per heavy atom. The van der Waals surface area contributed by atoms with Crippen LogP contribution in [-0.2, 0) is 17.8 Å². The van der Waals surface area contributed by atoms with Crippen LogP contribution in [0.25, 0.3) is 5.69 Å². The zero-order chi connectivity index (χ0) is 22.9. The Balaban J connectivity index is 1.23. The number of nitrogens with zero attached hydrogens (tertiary/aromatic N) is 4. The molecule has 0 unspecified atom stereocenters. The number of rotatable bonds is 5. The van der Waals surface area contributed by atoms with Crippen LogP contribution in [0.15, 0.2) is 48.5 Å². The predicted molar refractivity (Wildman–Crippen MR) is 125 cm³/mol. The van der Waals surface area contributed by atoms with Crippen LogP contribution < -0.4 is 4.74 Å². The van der Waals surface area contributed by atoms with E-state index in [0.29, 0.717) is 30.0 Å². The van der Waals surface area contributed by atoms with Crippen LogP contribution in [0.4, 0.5) is 0 Å². The minimum absolute atomic E-state index is 0.409. The van der Waals surface area contributed by atoms with Gasteiger partial charge in [0.15, 0.2) is 0 Å². The monoisotopic (exact) mass is 444 g/mol. The number of ether oxygens (including phenoxy) is 1. The van der Waals surface area contributed by atoms with Gasteiger partial charge >= 0.3 is 0 Å². The quantitative estimate of drug-likeness (QED) is 0.447. The van der Waals surface area contributed by atoms with E-state index >= 15 is 0 Å². The molecule has 3 aromatic rings. The fourth-order valence-corrected chi connectivity index (χ4v) is 4.75. The summed E-state index contributed by atoms with van der Waals surface area (Å²) in [6, 6.07) is 16.0. The number of ketones is 1. The van der Waals surface area contributed by atoms with Crippen molar-refractivity contribution in [2.75, 3.05) is 32.8 Å². The third-order valence-corrected chi connectivity index (χ3v) is 6.53. The standard InChI is InChI=1S/C26H28N4O3/c1-18-24(19(2)30(27-18)22-6-4-3-5-7-22)25(31)26(32)29-13-11-28(12-14-29)17-20-8-9-23-21(16-20)10-15-33-23/h3-9,16H,10-15,17H2,1-2H3. The summed E-state index contributed by atoms with van der Waals surface area (Å²) < 4.78 is 7.32. The van der Waals surface area contributed by atoms with Crippen molar-refractivity contribution in [1.29, 1.82) is 0 Å². The SMILES string of the molecule is Cc1nn(-c2ccccc2)c(C)c1C(=O)C(=O)N1CCN(Cc2ccc3c(c2)CCO3)CC1. The number of fused-ring (bicyclic) bond motifs is 1. The first-order chi connectivity index (χ1) is 16.0. The highest BCUT2D eigenvalue weighted by molar-refractivity contribution is 6.43. The summed E-state index contributed by atoms with van der Waals surface area (Å²) in [7, 11) is 0. The van der Waals surface area contributed by atoms with Gasteiger partial charge in [-0.05, 0) is 43.2 Å². The van der Waals surface area contributed by atoms with Crippen molar-refractivity contribution in [3.8, 4) is 11.4 Å². The van der Waals surface area contributed by atoms with E-state index in [1.54, 1.807) is 16.5 Å². The molecule has 2 aliphatic heterocycles. The molecule has 1 fully saturated rings. The second-order valence-electron chi connectivity index (χ2n) is 8.73. The summed E-state index contributed by atoms with van der Waals surface area (Å²) in [5, 5.41) is 4.52. The van der Waals surface area contributed by atoms with Gasteiger partial charge in [0.1, 0.15) is 5.75 Å². The lowest BCUT2D eigenvalue weighted by Gasteiger charge is -2.34. The second-order valence-corrected chi connectivity index (χ2v) is 8.73. The molecule has 7 heteroatoms. The predicted octanol–water partition coefficient (Wildman–Crippen LogP) is 2.95. The lowest BCUT2D eigenvalue weighted by Crippen LogP contribution is -2.50. The summed E-state index contributed by atoms with van der Waals surface area (Å²) in [6.07, 6.45) is 0.966. The first-order valence-corrected chi connectivity index (χ1v) is 11.4. The van der Waals surface area contributed by atoms with Gasteiger partial charge in [0.2, 0.25) is 0 Å². The molecule has 170 valence electrons. The number of aryl methyl sites for hydroxylation is 1. The topological polar surface area (TPSA) is 67.7 Å². The van der Waals surface area contributed by atoms with Crippen LogP contribution in [0, 0.1) is 13.8 Å². The third kappa shape index (κ3) is 4.16. The van der Waals surface area contributed by atoms with Crippen molar-refractivity contribution < 1.29 is 14.3 Å². The summed E-state index contributed by atoms with van der Waals surface area (Å²) in [5.41, 5.74) is 5.08. The molecular weight excluding hydrogens is 416 g/mol. The zero-order valence-corrected chi connectivity index (χ0v) is 19.1. The van der Waals surface area contributed by atoms with Crippen LogP contribution >= 0.6 is 0 Å². The van der Waals surface area contributed by atoms with Crippen molar-refractivity contribution in [3.63, 3.8) is 0 Å². The Morgan fingerprint density at radius 1 is 1.00 bits per heavy atom. The summed E-state index contributed by atoms with van der Waals surface area (Å²) >= 11 is 0. The van der Waals surface area contributed by atoms with Crippen LogP contribution in [0.3, 0.4) is 0 Å². The van der Waals surface area contributed by atoms with Crippen molar-refractivity contribution in [1.82, 2.24) is 19.6 Å². The molecule has 7 nitrogen and oxygen atoms in total. The molecule has 0 atom stereocenters. The molecule has 0 saturated carbocycles. The average Bonchev–Trinajstić information content (AvgIpc) is 3.42. The smallest absolute Gasteiger partial charge is 0.295 e. The van der Waals surface area contributed by atoms with Gasteiger partial charge in [-0.3, -0.25) is 14.5 Å². The zero-order valence-electron chi connectivity index (χ0n) is 19.1. The minimum Gasteiger partial charge on any atom is -0.493 e. The van der Waals surface area contributed by atoms with E-state index in [1.807, 2.05) is 37.3 Å². The van der Waals surface area contributed by atoms with Crippen molar-refractivity contribution in [2.45, 2.75) is 26.8 Å². The van der Waals surface area contributed by atoms with Crippen molar-refractivity contribution >= 4 is 11.7 Å². The molecule has 2 aromatic carbocycles. The number of Topliss-reactive ketones (excluding diaryl/α,β-unsaturated/α-hetero) is 1. The maximum Gasteiger partial charge on any atom is 0.295 e. The summed E-state index contributed by atoms with van der Waals surface area (Å²) in [5.74, 6) is 0.0799. The summed E-state index contributed by atoms with van der Waals surface area (Å²) in [4.78, 5) is 30.2. The van der Waals surface area contributed by atoms with Gasteiger partial charge in [0, 0.05) is 39.1 Å². The maximum atomic E-state index is 13.1.